The van der Waals surface area contributed by atoms with Gasteiger partial charge in [-0.3, -0.25) is 13.9 Å². The smallest absolute Gasteiger partial charge is 0.332 e. The van der Waals surface area contributed by atoms with Crippen molar-refractivity contribution in [2.24, 2.45) is 21.1 Å². The second-order valence-corrected chi connectivity index (χ2v) is 5.44. The van der Waals surface area contributed by atoms with Gasteiger partial charge in [-0.1, -0.05) is 0 Å². The molecular formula is C16H18N4O4. The molecule has 0 saturated heterocycles. The number of imidazole rings is 1. The van der Waals surface area contributed by atoms with Crippen molar-refractivity contribution in [3.63, 3.8) is 0 Å². The number of hydrogen-bond donors (Lipinski definition) is 0. The number of nitrogens with zero attached hydrogens (tertiary/aromatic N) is 4. The standard InChI is InChI=1S/C16H18N4O4/c1-18-12-14(19(2)16(22)20(3)15(12)21)17-13(18)9-6-7-10(23-4)11(8-9)24-5/h6-8H,1-5H3. The van der Waals surface area contributed by atoms with Gasteiger partial charge in [0.15, 0.2) is 22.7 Å². The van der Waals surface area contributed by atoms with Crippen LogP contribution in [0.5, 0.6) is 11.5 Å². The Balaban J connectivity index is 2.35. The summed E-state index contributed by atoms with van der Waals surface area (Å²) >= 11 is 0. The largest absolute Gasteiger partial charge is 0.493 e. The first kappa shape index (κ1) is 15.9. The number of methoxy groups -OCH3 is 2. The van der Waals surface area contributed by atoms with E-state index in [1.165, 1.54) is 11.6 Å². The first-order valence-corrected chi connectivity index (χ1v) is 7.25. The van der Waals surface area contributed by atoms with Crippen LogP contribution in [0.1, 0.15) is 0 Å². The summed E-state index contributed by atoms with van der Waals surface area (Å²) < 4.78 is 14.7. The molecule has 0 aliphatic carbocycles. The number of hydrogen-bond acceptors (Lipinski definition) is 5. The van der Waals surface area contributed by atoms with Gasteiger partial charge in [0.25, 0.3) is 5.56 Å². The maximum atomic E-state index is 12.4. The summed E-state index contributed by atoms with van der Waals surface area (Å²) in [6.07, 6.45) is 0. The SMILES string of the molecule is COc1ccc(-c2nc3c(c(=O)n(C)c(=O)n3C)n2C)cc1OC. The Morgan fingerprint density at radius 2 is 1.58 bits per heavy atom. The molecule has 0 aliphatic rings. The quantitative estimate of drug-likeness (QED) is 0.704. The minimum atomic E-state index is -0.413. The van der Waals surface area contributed by atoms with Gasteiger partial charge in [-0.25, -0.2) is 9.78 Å². The average Bonchev–Trinajstić information content (AvgIpc) is 2.95. The van der Waals surface area contributed by atoms with Crippen molar-refractivity contribution in [2.75, 3.05) is 14.2 Å². The summed E-state index contributed by atoms with van der Waals surface area (Å²) in [4.78, 5) is 29.0. The topological polar surface area (TPSA) is 80.3 Å². The van der Waals surface area contributed by atoms with E-state index in [4.69, 9.17) is 9.47 Å². The Bertz CT molecular complexity index is 1060. The maximum absolute atomic E-state index is 12.4. The molecule has 0 N–H and O–H groups in total. The Kier molecular flexibility index (Phi) is 3.67. The summed E-state index contributed by atoms with van der Waals surface area (Å²) in [7, 11) is 7.90. The highest BCUT2D eigenvalue weighted by molar-refractivity contribution is 5.77. The number of fused-ring (bicyclic) bond motifs is 1. The summed E-state index contributed by atoms with van der Waals surface area (Å²) in [5.74, 6) is 1.72. The molecule has 0 spiro atoms. The van der Waals surface area contributed by atoms with Crippen LogP contribution in [0.2, 0.25) is 0 Å². The van der Waals surface area contributed by atoms with Gasteiger partial charge in [-0.15, -0.1) is 0 Å². The maximum Gasteiger partial charge on any atom is 0.332 e. The zero-order valence-electron chi connectivity index (χ0n) is 14.2. The van der Waals surface area contributed by atoms with E-state index in [0.717, 1.165) is 10.1 Å². The van der Waals surface area contributed by atoms with E-state index >= 15 is 0 Å². The third kappa shape index (κ3) is 2.10. The highest BCUT2D eigenvalue weighted by Gasteiger charge is 2.18. The van der Waals surface area contributed by atoms with Crippen molar-refractivity contribution < 1.29 is 9.47 Å². The van der Waals surface area contributed by atoms with Gasteiger partial charge in [0.1, 0.15) is 5.82 Å². The number of benzene rings is 1. The van der Waals surface area contributed by atoms with Crippen LogP contribution in [0.3, 0.4) is 0 Å². The molecule has 2 heterocycles. The van der Waals surface area contributed by atoms with E-state index in [0.29, 0.717) is 28.5 Å². The lowest BCUT2D eigenvalue weighted by Crippen LogP contribution is -2.37. The lowest BCUT2D eigenvalue weighted by atomic mass is 10.2. The average molecular weight is 330 g/mol. The molecule has 126 valence electrons. The molecular weight excluding hydrogens is 312 g/mol. The van der Waals surface area contributed by atoms with E-state index < -0.39 is 5.69 Å². The molecule has 0 aliphatic heterocycles. The zero-order chi connectivity index (χ0) is 17.6. The number of rotatable bonds is 3. The fraction of sp³-hybridized carbons (Fsp3) is 0.312. The van der Waals surface area contributed by atoms with Crippen LogP contribution in [-0.2, 0) is 21.1 Å². The predicted octanol–water partition coefficient (Wildman–Crippen LogP) is 0.655. The molecule has 0 saturated carbocycles. The third-order valence-corrected chi connectivity index (χ3v) is 4.12. The molecule has 2 aromatic heterocycles. The number of aromatic nitrogens is 4. The van der Waals surface area contributed by atoms with Crippen molar-refractivity contribution in [1.82, 2.24) is 18.7 Å². The van der Waals surface area contributed by atoms with E-state index in [1.54, 1.807) is 45.0 Å². The van der Waals surface area contributed by atoms with E-state index in [1.807, 2.05) is 6.07 Å². The van der Waals surface area contributed by atoms with Gasteiger partial charge in [0.05, 0.1) is 14.2 Å². The molecule has 3 rings (SSSR count). The summed E-state index contributed by atoms with van der Waals surface area (Å²) in [5, 5.41) is 0. The zero-order valence-corrected chi connectivity index (χ0v) is 14.2. The molecule has 0 amide bonds. The molecule has 1 aromatic carbocycles. The summed E-state index contributed by atoms with van der Waals surface area (Å²) in [6.45, 7) is 0. The summed E-state index contributed by atoms with van der Waals surface area (Å²) in [6, 6.07) is 5.37. The molecule has 8 nitrogen and oxygen atoms in total. The highest BCUT2D eigenvalue weighted by Crippen LogP contribution is 2.32. The normalized spacial score (nSPS) is 11.0. The monoisotopic (exact) mass is 330 g/mol. The Labute approximate surface area is 137 Å². The van der Waals surface area contributed by atoms with Crippen molar-refractivity contribution in [3.8, 4) is 22.9 Å². The van der Waals surface area contributed by atoms with Gasteiger partial charge in [-0.05, 0) is 18.2 Å². The van der Waals surface area contributed by atoms with Crippen LogP contribution >= 0.6 is 0 Å². The van der Waals surface area contributed by atoms with E-state index in [2.05, 4.69) is 4.98 Å². The molecule has 0 unspecified atom stereocenters. The Hall–Kier alpha value is -3.03. The van der Waals surface area contributed by atoms with Crippen LogP contribution < -0.4 is 20.7 Å². The van der Waals surface area contributed by atoms with Crippen LogP contribution in [0.25, 0.3) is 22.6 Å². The number of ether oxygens (including phenoxy) is 2. The van der Waals surface area contributed by atoms with Crippen LogP contribution in [0.15, 0.2) is 27.8 Å². The molecule has 0 radical (unpaired) electrons. The Morgan fingerprint density at radius 3 is 2.21 bits per heavy atom. The molecule has 8 heteroatoms. The fourth-order valence-corrected chi connectivity index (χ4v) is 2.75. The lowest BCUT2D eigenvalue weighted by Gasteiger charge is -2.09. The van der Waals surface area contributed by atoms with Crippen LogP contribution in [-0.4, -0.2) is 32.9 Å². The van der Waals surface area contributed by atoms with Gasteiger partial charge in [0.2, 0.25) is 0 Å². The second kappa shape index (κ2) is 5.55. The molecule has 3 aromatic rings. The van der Waals surface area contributed by atoms with E-state index in [-0.39, 0.29) is 5.56 Å². The number of aryl methyl sites for hydroxylation is 2. The molecule has 0 fully saturated rings. The van der Waals surface area contributed by atoms with Crippen molar-refractivity contribution >= 4 is 11.2 Å². The van der Waals surface area contributed by atoms with Gasteiger partial charge in [-0.2, -0.15) is 0 Å². The van der Waals surface area contributed by atoms with Gasteiger partial charge < -0.3 is 14.0 Å². The molecule has 0 atom stereocenters. The molecule has 0 bridgehead atoms. The van der Waals surface area contributed by atoms with Gasteiger partial charge in [0, 0.05) is 26.7 Å². The predicted molar refractivity (Wildman–Crippen MR) is 89.7 cm³/mol. The van der Waals surface area contributed by atoms with Crippen molar-refractivity contribution in [2.45, 2.75) is 0 Å². The molecule has 24 heavy (non-hydrogen) atoms. The third-order valence-electron chi connectivity index (χ3n) is 4.12. The van der Waals surface area contributed by atoms with Crippen LogP contribution in [0, 0.1) is 0 Å². The first-order valence-electron chi connectivity index (χ1n) is 7.25. The Morgan fingerprint density at radius 1 is 0.917 bits per heavy atom. The highest BCUT2D eigenvalue weighted by atomic mass is 16.5. The fourth-order valence-electron chi connectivity index (χ4n) is 2.75. The minimum absolute atomic E-state index is 0.343. The van der Waals surface area contributed by atoms with Crippen molar-refractivity contribution in [3.05, 3.63) is 39.0 Å². The summed E-state index contributed by atoms with van der Waals surface area (Å²) in [5.41, 5.74) is 0.667. The first-order chi connectivity index (χ1) is 11.4. The van der Waals surface area contributed by atoms with Gasteiger partial charge >= 0.3 is 5.69 Å². The lowest BCUT2D eigenvalue weighted by molar-refractivity contribution is 0.355. The second-order valence-electron chi connectivity index (χ2n) is 5.44. The van der Waals surface area contributed by atoms with E-state index in [9.17, 15) is 9.59 Å². The van der Waals surface area contributed by atoms with Crippen molar-refractivity contribution in [1.29, 1.82) is 0 Å². The van der Waals surface area contributed by atoms with Crippen LogP contribution in [0.4, 0.5) is 0 Å². The minimum Gasteiger partial charge on any atom is -0.493 e.